The third-order valence-corrected chi connectivity index (χ3v) is 3.33. The maximum Gasteiger partial charge on any atom is 0.150 e. The van der Waals surface area contributed by atoms with Gasteiger partial charge < -0.3 is 16.2 Å². The zero-order valence-corrected chi connectivity index (χ0v) is 9.61. The Morgan fingerprint density at radius 2 is 2.31 bits per heavy atom. The molecule has 16 heavy (non-hydrogen) atoms. The number of nitrogens with two attached hydrogens (primary N) is 1. The summed E-state index contributed by atoms with van der Waals surface area (Å²) in [6.07, 6.45) is 4.39. The van der Waals surface area contributed by atoms with Gasteiger partial charge in [0.05, 0.1) is 0 Å². The number of nitrogens with one attached hydrogen (secondary N) is 1. The second-order valence-corrected chi connectivity index (χ2v) is 4.50. The molecule has 88 valence electrons. The molecular weight excluding hydrogens is 228 g/mol. The molecule has 2 rings (SSSR count). The Balaban J connectivity index is 2.02. The van der Waals surface area contributed by atoms with Gasteiger partial charge in [0.2, 0.25) is 0 Å². The monoisotopic (exact) mass is 242 g/mol. The first-order valence-corrected chi connectivity index (χ1v) is 5.72. The standard InChI is InChI=1S/C10H15ClN4O/c11-8-9(12)13-5-14-10(8)15-7-2-1-6(3-7)4-16/h5-7,16H,1-4H2,(H3,12,13,14,15)/t6-,7+/m1/s1. The molecule has 0 aliphatic heterocycles. The average Bonchev–Trinajstić information content (AvgIpc) is 2.73. The zero-order valence-electron chi connectivity index (χ0n) is 8.86. The summed E-state index contributed by atoms with van der Waals surface area (Å²) in [5.41, 5.74) is 5.59. The lowest BCUT2D eigenvalue weighted by molar-refractivity contribution is 0.229. The number of aromatic nitrogens is 2. The molecule has 1 aromatic heterocycles. The van der Waals surface area contributed by atoms with Gasteiger partial charge in [-0.3, -0.25) is 0 Å². The van der Waals surface area contributed by atoms with Gasteiger partial charge in [0, 0.05) is 12.6 Å². The quantitative estimate of drug-likeness (QED) is 0.744. The van der Waals surface area contributed by atoms with E-state index in [1.807, 2.05) is 0 Å². The summed E-state index contributed by atoms with van der Waals surface area (Å²) in [5, 5.41) is 12.7. The molecule has 1 aliphatic carbocycles. The van der Waals surface area contributed by atoms with Gasteiger partial charge in [-0.2, -0.15) is 0 Å². The minimum Gasteiger partial charge on any atom is -0.396 e. The molecule has 1 saturated carbocycles. The number of rotatable bonds is 3. The van der Waals surface area contributed by atoms with Gasteiger partial charge in [0.15, 0.2) is 5.82 Å². The second kappa shape index (κ2) is 4.84. The highest BCUT2D eigenvalue weighted by molar-refractivity contribution is 6.35. The summed E-state index contributed by atoms with van der Waals surface area (Å²) in [5.74, 6) is 1.25. The molecule has 4 N–H and O–H groups in total. The molecule has 1 fully saturated rings. The third-order valence-electron chi connectivity index (χ3n) is 2.96. The van der Waals surface area contributed by atoms with E-state index in [0.717, 1.165) is 19.3 Å². The van der Waals surface area contributed by atoms with Crippen molar-refractivity contribution in [2.75, 3.05) is 17.7 Å². The van der Waals surface area contributed by atoms with Crippen molar-refractivity contribution in [3.05, 3.63) is 11.3 Å². The first-order chi connectivity index (χ1) is 7.70. The van der Waals surface area contributed by atoms with Crippen LogP contribution in [-0.4, -0.2) is 27.7 Å². The fourth-order valence-electron chi connectivity index (χ4n) is 2.05. The summed E-state index contributed by atoms with van der Waals surface area (Å²) in [7, 11) is 0. The van der Waals surface area contributed by atoms with Gasteiger partial charge in [-0.05, 0) is 25.2 Å². The molecule has 0 amide bonds. The summed E-state index contributed by atoms with van der Waals surface area (Å²) in [6, 6.07) is 0.309. The topological polar surface area (TPSA) is 84.1 Å². The Bertz CT molecular complexity index is 374. The fraction of sp³-hybridized carbons (Fsp3) is 0.600. The second-order valence-electron chi connectivity index (χ2n) is 4.12. The molecule has 5 nitrogen and oxygen atoms in total. The zero-order chi connectivity index (χ0) is 11.5. The molecule has 6 heteroatoms. The van der Waals surface area contributed by atoms with Crippen LogP contribution in [0.3, 0.4) is 0 Å². The molecule has 1 heterocycles. The van der Waals surface area contributed by atoms with Gasteiger partial charge in [0.25, 0.3) is 0 Å². The smallest absolute Gasteiger partial charge is 0.150 e. The summed E-state index contributed by atoms with van der Waals surface area (Å²) in [4.78, 5) is 7.86. The molecule has 0 unspecified atom stereocenters. The van der Waals surface area contributed by atoms with Gasteiger partial charge in [-0.1, -0.05) is 11.6 Å². The Labute approximate surface area is 99.0 Å². The summed E-state index contributed by atoms with van der Waals surface area (Å²) >= 11 is 5.98. The summed E-state index contributed by atoms with van der Waals surface area (Å²) < 4.78 is 0. The van der Waals surface area contributed by atoms with Gasteiger partial charge in [-0.15, -0.1) is 0 Å². The molecular formula is C10H15ClN4O. The molecule has 1 aromatic rings. The Kier molecular flexibility index (Phi) is 3.46. The highest BCUT2D eigenvalue weighted by Crippen LogP contribution is 2.30. The van der Waals surface area contributed by atoms with Crippen LogP contribution in [0.4, 0.5) is 11.6 Å². The first kappa shape index (κ1) is 11.4. The predicted octanol–water partition coefficient (Wildman–Crippen LogP) is 1.29. The van der Waals surface area contributed by atoms with Crippen LogP contribution < -0.4 is 11.1 Å². The molecule has 0 spiro atoms. The number of aliphatic hydroxyl groups excluding tert-OH is 1. The van der Waals surface area contributed by atoms with E-state index in [9.17, 15) is 0 Å². The minimum atomic E-state index is 0.248. The lowest BCUT2D eigenvalue weighted by Gasteiger charge is -2.14. The van der Waals surface area contributed by atoms with E-state index in [1.165, 1.54) is 6.33 Å². The number of nitrogen functional groups attached to an aromatic ring is 1. The van der Waals surface area contributed by atoms with Crippen molar-refractivity contribution in [3.63, 3.8) is 0 Å². The highest BCUT2D eigenvalue weighted by atomic mass is 35.5. The van der Waals surface area contributed by atoms with Crippen LogP contribution in [0, 0.1) is 5.92 Å². The van der Waals surface area contributed by atoms with E-state index >= 15 is 0 Å². The highest BCUT2D eigenvalue weighted by Gasteiger charge is 2.24. The number of hydrogen-bond acceptors (Lipinski definition) is 5. The van der Waals surface area contributed by atoms with Crippen molar-refractivity contribution in [1.29, 1.82) is 0 Å². The van der Waals surface area contributed by atoms with E-state index in [-0.39, 0.29) is 12.4 Å². The van der Waals surface area contributed by atoms with Crippen LogP contribution in [-0.2, 0) is 0 Å². The van der Waals surface area contributed by atoms with Crippen molar-refractivity contribution in [2.24, 2.45) is 5.92 Å². The SMILES string of the molecule is Nc1ncnc(N[C@H]2CC[C@@H](CO)C2)c1Cl. The van der Waals surface area contributed by atoms with Gasteiger partial charge in [0.1, 0.15) is 17.2 Å². The summed E-state index contributed by atoms with van der Waals surface area (Å²) in [6.45, 7) is 0.248. The van der Waals surface area contributed by atoms with Crippen molar-refractivity contribution >= 4 is 23.2 Å². The number of halogens is 1. The van der Waals surface area contributed by atoms with Crippen molar-refractivity contribution in [3.8, 4) is 0 Å². The molecule has 0 saturated heterocycles. The normalized spacial score (nSPS) is 24.6. The molecule has 1 aliphatic rings. The van der Waals surface area contributed by atoms with Crippen LogP contribution in [0.25, 0.3) is 0 Å². The number of hydrogen-bond donors (Lipinski definition) is 3. The van der Waals surface area contributed by atoms with E-state index in [1.54, 1.807) is 0 Å². The van der Waals surface area contributed by atoms with Gasteiger partial charge in [-0.25, -0.2) is 9.97 Å². The van der Waals surface area contributed by atoms with E-state index < -0.39 is 0 Å². The molecule has 0 bridgehead atoms. The van der Waals surface area contributed by atoms with Crippen molar-refractivity contribution in [1.82, 2.24) is 9.97 Å². The number of nitrogens with zero attached hydrogens (tertiary/aromatic N) is 2. The van der Waals surface area contributed by atoms with Gasteiger partial charge >= 0.3 is 0 Å². The molecule has 0 aromatic carbocycles. The average molecular weight is 243 g/mol. The number of anilines is 2. The predicted molar refractivity (Wildman–Crippen MR) is 63.3 cm³/mol. The van der Waals surface area contributed by atoms with Crippen LogP contribution >= 0.6 is 11.6 Å². The maximum absolute atomic E-state index is 9.05. The van der Waals surface area contributed by atoms with Crippen LogP contribution in [0.2, 0.25) is 5.02 Å². The molecule has 2 atom stereocenters. The lowest BCUT2D eigenvalue weighted by Crippen LogP contribution is -2.17. The van der Waals surface area contributed by atoms with E-state index in [4.69, 9.17) is 22.4 Å². The van der Waals surface area contributed by atoms with Crippen LogP contribution in [0.5, 0.6) is 0 Å². The minimum absolute atomic E-state index is 0.248. The van der Waals surface area contributed by atoms with Crippen molar-refractivity contribution < 1.29 is 5.11 Å². The first-order valence-electron chi connectivity index (χ1n) is 5.34. The van der Waals surface area contributed by atoms with E-state index in [0.29, 0.717) is 22.8 Å². The van der Waals surface area contributed by atoms with Crippen molar-refractivity contribution in [2.45, 2.75) is 25.3 Å². The Morgan fingerprint density at radius 3 is 3.00 bits per heavy atom. The fourth-order valence-corrected chi connectivity index (χ4v) is 2.20. The molecule has 0 radical (unpaired) electrons. The van der Waals surface area contributed by atoms with Crippen LogP contribution in [0.1, 0.15) is 19.3 Å². The number of aliphatic hydroxyl groups is 1. The Morgan fingerprint density at radius 1 is 1.50 bits per heavy atom. The Hall–Kier alpha value is -1.07. The van der Waals surface area contributed by atoms with Crippen LogP contribution in [0.15, 0.2) is 6.33 Å². The maximum atomic E-state index is 9.05. The third kappa shape index (κ3) is 2.36. The largest absolute Gasteiger partial charge is 0.396 e. The lowest BCUT2D eigenvalue weighted by atomic mass is 10.1. The van der Waals surface area contributed by atoms with E-state index in [2.05, 4.69) is 15.3 Å².